The van der Waals surface area contributed by atoms with Crippen molar-refractivity contribution in [3.63, 3.8) is 0 Å². The molecule has 0 saturated carbocycles. The first-order chi connectivity index (χ1) is 18.6. The average Bonchev–Trinajstić information content (AvgIpc) is 3.16. The minimum atomic E-state index is -2.17. The van der Waals surface area contributed by atoms with E-state index in [1.807, 2.05) is 20.8 Å². The summed E-state index contributed by atoms with van der Waals surface area (Å²) in [6.45, 7) is 28.4. The van der Waals surface area contributed by atoms with Gasteiger partial charge in [0.2, 0.25) is 0 Å². The lowest BCUT2D eigenvalue weighted by Gasteiger charge is -2.41. The van der Waals surface area contributed by atoms with Crippen LogP contribution in [-0.4, -0.2) is 59.8 Å². The van der Waals surface area contributed by atoms with Crippen LogP contribution in [0.25, 0.3) is 10.8 Å². The summed E-state index contributed by atoms with van der Waals surface area (Å²) in [6, 6.07) is 6.38. The summed E-state index contributed by atoms with van der Waals surface area (Å²) < 4.78 is 18.9. The summed E-state index contributed by atoms with van der Waals surface area (Å²) in [7, 11) is -1.60. The van der Waals surface area contributed by atoms with Gasteiger partial charge in [-0.1, -0.05) is 59.7 Å². The van der Waals surface area contributed by atoms with Crippen LogP contribution in [0.15, 0.2) is 18.2 Å². The minimum Gasteiger partial charge on any atom is -0.444 e. The number of carbonyl (C=O) groups excluding carboxylic acids is 1. The third-order valence-corrected chi connectivity index (χ3v) is 13.9. The zero-order chi connectivity index (χ0) is 31.3. The molecule has 1 N–H and O–H groups in total. The Labute approximate surface area is 252 Å². The van der Waals surface area contributed by atoms with Crippen molar-refractivity contribution in [1.82, 2.24) is 4.90 Å². The second-order valence-electron chi connectivity index (χ2n) is 15.5. The van der Waals surface area contributed by atoms with Crippen molar-refractivity contribution in [3.8, 4) is 0 Å². The van der Waals surface area contributed by atoms with Gasteiger partial charge in [0.1, 0.15) is 16.1 Å². The van der Waals surface area contributed by atoms with Gasteiger partial charge in [0.25, 0.3) is 0 Å². The molecule has 8 heteroatoms. The first-order valence-corrected chi connectivity index (χ1v) is 18.7. The van der Waals surface area contributed by atoms with Crippen LogP contribution in [0.2, 0.25) is 18.1 Å². The Balaban J connectivity index is 2.43. The predicted octanol–water partition coefficient (Wildman–Crippen LogP) is 6.77. The Morgan fingerprint density at radius 1 is 1.10 bits per heavy atom. The highest BCUT2D eigenvalue weighted by Gasteiger charge is 2.54. The van der Waals surface area contributed by atoms with E-state index in [4.69, 9.17) is 13.6 Å². The van der Waals surface area contributed by atoms with Crippen molar-refractivity contribution in [3.05, 3.63) is 46.0 Å². The van der Waals surface area contributed by atoms with Crippen molar-refractivity contribution in [2.24, 2.45) is 0 Å². The standard InChI is InChI=1S/C33H55NO5Si2/c1-21-15-14-16-24-26(21)27(30(3,4)5)22(2)25(19-37-40)28(24)33(20-35)17-23(39-41(12,13)32(9,10)11)18-34(33)29(36)38-31(6,7)8/h14-16,23,35H,17-20H2,1-13,40H3/t23-,33-/m1/s1. The van der Waals surface area contributed by atoms with Gasteiger partial charge in [0.05, 0.1) is 31.4 Å². The number of likely N-dealkylation sites (tertiary alicyclic amines) is 1. The first kappa shape index (κ1) is 33.8. The topological polar surface area (TPSA) is 68.2 Å². The number of ether oxygens (including phenoxy) is 1. The number of hydrogen-bond donors (Lipinski definition) is 1. The molecule has 2 aromatic rings. The third-order valence-electron chi connectivity index (χ3n) is 9.04. The second kappa shape index (κ2) is 11.4. The molecule has 1 heterocycles. The quantitative estimate of drug-likeness (QED) is 0.370. The predicted molar refractivity (Wildman–Crippen MR) is 175 cm³/mol. The molecule has 1 fully saturated rings. The second-order valence-corrected chi connectivity index (χ2v) is 20.9. The lowest BCUT2D eigenvalue weighted by molar-refractivity contribution is -0.00629. The van der Waals surface area contributed by atoms with Gasteiger partial charge in [-0.15, -0.1) is 0 Å². The summed E-state index contributed by atoms with van der Waals surface area (Å²) in [5.41, 5.74) is 3.82. The van der Waals surface area contributed by atoms with Crippen LogP contribution in [-0.2, 0) is 31.1 Å². The fraction of sp³-hybridized carbons (Fsp3) is 0.667. The molecule has 1 aliphatic rings. The number of amides is 1. The maximum atomic E-state index is 14.0. The Kier molecular flexibility index (Phi) is 9.40. The van der Waals surface area contributed by atoms with Crippen LogP contribution in [0.3, 0.4) is 0 Å². The zero-order valence-corrected chi connectivity index (χ0v) is 31.2. The molecule has 0 spiro atoms. The van der Waals surface area contributed by atoms with Gasteiger partial charge in [0, 0.05) is 6.42 Å². The highest BCUT2D eigenvalue weighted by molar-refractivity contribution is 6.74. The summed E-state index contributed by atoms with van der Waals surface area (Å²) in [4.78, 5) is 15.8. The first-order valence-electron chi connectivity index (χ1n) is 14.9. The summed E-state index contributed by atoms with van der Waals surface area (Å²) >= 11 is 0. The molecule has 41 heavy (non-hydrogen) atoms. The van der Waals surface area contributed by atoms with E-state index in [1.165, 1.54) is 16.5 Å². The molecule has 230 valence electrons. The number of carbonyl (C=O) groups is 1. The fourth-order valence-electron chi connectivity index (χ4n) is 6.32. The molecular weight excluding hydrogens is 547 g/mol. The molecule has 0 aromatic heterocycles. The minimum absolute atomic E-state index is 0.00874. The average molecular weight is 602 g/mol. The molecule has 1 amide bonds. The van der Waals surface area contributed by atoms with Gasteiger partial charge in [-0.3, -0.25) is 4.90 Å². The number of fused-ring (bicyclic) bond motifs is 1. The van der Waals surface area contributed by atoms with E-state index in [0.29, 0.717) is 30.1 Å². The van der Waals surface area contributed by atoms with E-state index in [2.05, 4.69) is 86.7 Å². The van der Waals surface area contributed by atoms with E-state index in [0.717, 1.165) is 22.1 Å². The number of aryl methyl sites for hydroxylation is 1. The smallest absolute Gasteiger partial charge is 0.411 e. The van der Waals surface area contributed by atoms with Crippen molar-refractivity contribution in [2.45, 2.75) is 130 Å². The van der Waals surface area contributed by atoms with Crippen LogP contribution in [0, 0.1) is 13.8 Å². The Hall–Kier alpha value is -1.72. The largest absolute Gasteiger partial charge is 0.444 e. The Bertz CT molecular complexity index is 1290. The molecular formula is C33H55NO5Si2. The normalized spacial score (nSPS) is 20.7. The number of aliphatic hydroxyl groups excluding tert-OH is 1. The van der Waals surface area contributed by atoms with E-state index < -0.39 is 25.6 Å². The molecule has 0 bridgehead atoms. The lowest BCUT2D eigenvalue weighted by atomic mass is 9.72. The van der Waals surface area contributed by atoms with Gasteiger partial charge in [-0.05, 0) is 96.8 Å². The van der Waals surface area contributed by atoms with Crippen LogP contribution in [0.1, 0.15) is 96.6 Å². The van der Waals surface area contributed by atoms with Gasteiger partial charge >= 0.3 is 6.09 Å². The summed E-state index contributed by atoms with van der Waals surface area (Å²) in [5.74, 6) is 0. The van der Waals surface area contributed by atoms with E-state index in [9.17, 15) is 9.90 Å². The third kappa shape index (κ3) is 6.47. The van der Waals surface area contributed by atoms with Gasteiger partial charge in [-0.2, -0.15) is 0 Å². The maximum absolute atomic E-state index is 14.0. The molecule has 0 unspecified atom stereocenters. The fourth-order valence-corrected chi connectivity index (χ4v) is 7.96. The molecule has 3 rings (SSSR count). The van der Waals surface area contributed by atoms with Crippen LogP contribution in [0.5, 0.6) is 0 Å². The number of nitrogens with zero attached hydrogens (tertiary/aromatic N) is 1. The van der Waals surface area contributed by atoms with Crippen molar-refractivity contribution in [2.75, 3.05) is 13.2 Å². The van der Waals surface area contributed by atoms with Crippen LogP contribution < -0.4 is 0 Å². The monoisotopic (exact) mass is 601 g/mol. The molecule has 6 nitrogen and oxygen atoms in total. The summed E-state index contributed by atoms with van der Waals surface area (Å²) in [6.07, 6.45) is -0.174. The lowest BCUT2D eigenvalue weighted by Crippen LogP contribution is -2.50. The summed E-state index contributed by atoms with van der Waals surface area (Å²) in [5, 5.41) is 13.7. The van der Waals surface area contributed by atoms with E-state index >= 15 is 0 Å². The maximum Gasteiger partial charge on any atom is 0.411 e. The van der Waals surface area contributed by atoms with Crippen LogP contribution in [0.4, 0.5) is 4.79 Å². The Morgan fingerprint density at radius 2 is 1.71 bits per heavy atom. The van der Waals surface area contributed by atoms with Gasteiger partial charge < -0.3 is 18.7 Å². The highest BCUT2D eigenvalue weighted by Crippen LogP contribution is 2.50. The molecule has 0 radical (unpaired) electrons. The molecule has 2 atom stereocenters. The van der Waals surface area contributed by atoms with Crippen molar-refractivity contribution < 1.29 is 23.5 Å². The number of benzene rings is 2. The number of rotatable bonds is 6. The number of hydrogen-bond acceptors (Lipinski definition) is 5. The Morgan fingerprint density at radius 3 is 2.20 bits per heavy atom. The van der Waals surface area contributed by atoms with Gasteiger partial charge in [0.15, 0.2) is 8.32 Å². The number of aliphatic hydroxyl groups is 1. The SMILES string of the molecule is Cc1c(CO[SiH3])c([C@]2(CO)C[C@@H](O[Si](C)(C)C(C)(C)C)CN2C(=O)OC(C)(C)C)c2cccc(C)c2c1C(C)(C)C. The molecule has 2 aromatic carbocycles. The van der Waals surface area contributed by atoms with Gasteiger partial charge in [-0.25, -0.2) is 4.79 Å². The highest BCUT2D eigenvalue weighted by atomic mass is 28.4. The molecule has 1 saturated heterocycles. The molecule has 0 aliphatic carbocycles. The molecule has 1 aliphatic heterocycles. The van der Waals surface area contributed by atoms with E-state index in [-0.39, 0.29) is 23.2 Å². The van der Waals surface area contributed by atoms with Crippen molar-refractivity contribution in [1.29, 1.82) is 0 Å². The zero-order valence-electron chi connectivity index (χ0n) is 28.2. The van der Waals surface area contributed by atoms with Crippen LogP contribution >= 0.6 is 0 Å². The van der Waals surface area contributed by atoms with E-state index in [1.54, 1.807) is 4.90 Å². The van der Waals surface area contributed by atoms with Crippen molar-refractivity contribution >= 4 is 35.7 Å².